The third kappa shape index (κ3) is 3.86. The zero-order chi connectivity index (χ0) is 20.6. The fourth-order valence-electron chi connectivity index (χ4n) is 4.10. The predicted octanol–water partition coefficient (Wildman–Crippen LogP) is 3.11. The highest BCUT2D eigenvalue weighted by molar-refractivity contribution is 7.89. The number of carbonyl (C=O) groups is 1. The van der Waals surface area contributed by atoms with Crippen LogP contribution >= 0.6 is 0 Å². The highest BCUT2D eigenvalue weighted by Gasteiger charge is 2.37. The molecule has 1 amide bonds. The van der Waals surface area contributed by atoms with Gasteiger partial charge in [-0.25, -0.2) is 12.8 Å². The first-order valence-electron chi connectivity index (χ1n) is 9.65. The third-order valence-corrected chi connectivity index (χ3v) is 7.54. The standard InChI is InChI=1S/C21H23FN2O4S/c1-28-17-6-2-4-14(11-17)10-16-5-3-9-24(16)29(26,27)20-12-15-7-8-21(25)23-19(15)13-18(20)22/h2,4,6,11-13,16H,3,5,7-10H2,1H3,(H,23,25). The molecule has 1 saturated heterocycles. The van der Waals surface area contributed by atoms with Crippen LogP contribution in [-0.4, -0.2) is 38.3 Å². The van der Waals surface area contributed by atoms with Crippen molar-refractivity contribution in [2.24, 2.45) is 0 Å². The van der Waals surface area contributed by atoms with E-state index in [-0.39, 0.29) is 23.3 Å². The van der Waals surface area contributed by atoms with Crippen molar-refractivity contribution in [1.29, 1.82) is 0 Å². The first kappa shape index (κ1) is 19.8. The highest BCUT2D eigenvalue weighted by Crippen LogP contribution is 2.33. The van der Waals surface area contributed by atoms with E-state index >= 15 is 0 Å². The molecule has 0 spiro atoms. The lowest BCUT2D eigenvalue weighted by molar-refractivity contribution is -0.116. The molecule has 2 aromatic rings. The molecule has 1 N–H and O–H groups in total. The molecule has 0 saturated carbocycles. The Bertz CT molecular complexity index is 1050. The van der Waals surface area contributed by atoms with Gasteiger partial charge in [0.05, 0.1) is 7.11 Å². The molecule has 6 nitrogen and oxygen atoms in total. The van der Waals surface area contributed by atoms with Gasteiger partial charge in [-0.2, -0.15) is 4.31 Å². The third-order valence-electron chi connectivity index (χ3n) is 5.57. The molecular formula is C21H23FN2O4S. The van der Waals surface area contributed by atoms with Gasteiger partial charge in [-0.3, -0.25) is 4.79 Å². The van der Waals surface area contributed by atoms with E-state index in [0.717, 1.165) is 30.2 Å². The van der Waals surface area contributed by atoms with Crippen molar-refractivity contribution in [3.63, 3.8) is 0 Å². The number of benzene rings is 2. The van der Waals surface area contributed by atoms with E-state index in [1.807, 2.05) is 24.3 Å². The van der Waals surface area contributed by atoms with Gasteiger partial charge >= 0.3 is 0 Å². The Hall–Kier alpha value is -2.45. The number of amides is 1. The average Bonchev–Trinajstić information content (AvgIpc) is 3.16. The molecule has 2 aliphatic heterocycles. The molecule has 1 unspecified atom stereocenters. The van der Waals surface area contributed by atoms with E-state index in [1.54, 1.807) is 7.11 Å². The van der Waals surface area contributed by atoms with Crippen LogP contribution in [0.15, 0.2) is 41.3 Å². The quantitative estimate of drug-likeness (QED) is 0.810. The smallest absolute Gasteiger partial charge is 0.246 e. The van der Waals surface area contributed by atoms with E-state index in [9.17, 15) is 17.6 Å². The number of fused-ring (bicyclic) bond motifs is 1. The van der Waals surface area contributed by atoms with Crippen LogP contribution in [0.2, 0.25) is 0 Å². The molecule has 0 radical (unpaired) electrons. The monoisotopic (exact) mass is 418 g/mol. The number of anilines is 1. The zero-order valence-corrected chi connectivity index (χ0v) is 17.0. The van der Waals surface area contributed by atoms with E-state index in [1.165, 1.54) is 10.4 Å². The number of ether oxygens (including phenoxy) is 1. The Morgan fingerprint density at radius 1 is 1.24 bits per heavy atom. The molecule has 1 atom stereocenters. The lowest BCUT2D eigenvalue weighted by Crippen LogP contribution is -2.37. The summed E-state index contributed by atoms with van der Waals surface area (Å²) in [5, 5.41) is 2.60. The summed E-state index contributed by atoms with van der Waals surface area (Å²) in [5.74, 6) is -0.305. The Morgan fingerprint density at radius 2 is 2.07 bits per heavy atom. The van der Waals surface area contributed by atoms with Crippen LogP contribution in [0, 0.1) is 5.82 Å². The lowest BCUT2D eigenvalue weighted by atomic mass is 10.0. The minimum atomic E-state index is -3.99. The summed E-state index contributed by atoms with van der Waals surface area (Å²) in [6.45, 7) is 0.365. The SMILES string of the molecule is COc1cccc(CC2CCCN2S(=O)(=O)c2cc3c(cc2F)NC(=O)CC3)c1. The van der Waals surface area contributed by atoms with Gasteiger partial charge in [-0.05, 0) is 61.1 Å². The maximum absolute atomic E-state index is 14.7. The summed E-state index contributed by atoms with van der Waals surface area (Å²) in [4.78, 5) is 11.2. The number of methoxy groups -OCH3 is 1. The largest absolute Gasteiger partial charge is 0.497 e. The molecule has 8 heteroatoms. The highest BCUT2D eigenvalue weighted by atomic mass is 32.2. The van der Waals surface area contributed by atoms with Crippen LogP contribution in [0.1, 0.15) is 30.4 Å². The average molecular weight is 418 g/mol. The van der Waals surface area contributed by atoms with Gasteiger partial charge in [0.1, 0.15) is 16.5 Å². The van der Waals surface area contributed by atoms with Crippen LogP contribution in [0.3, 0.4) is 0 Å². The molecule has 2 aromatic carbocycles. The second-order valence-electron chi connectivity index (χ2n) is 7.46. The molecule has 0 bridgehead atoms. The molecular weight excluding hydrogens is 395 g/mol. The van der Waals surface area contributed by atoms with Crippen molar-refractivity contribution < 1.29 is 22.3 Å². The Morgan fingerprint density at radius 3 is 2.86 bits per heavy atom. The van der Waals surface area contributed by atoms with Crippen LogP contribution in [0.5, 0.6) is 5.75 Å². The molecule has 2 aliphatic rings. The van der Waals surface area contributed by atoms with Gasteiger partial charge in [-0.1, -0.05) is 12.1 Å². The Kier molecular flexibility index (Phi) is 5.31. The minimum Gasteiger partial charge on any atom is -0.497 e. The van der Waals surface area contributed by atoms with Gasteiger partial charge < -0.3 is 10.1 Å². The summed E-state index contributed by atoms with van der Waals surface area (Å²) in [6.07, 6.45) is 2.66. The first-order valence-corrected chi connectivity index (χ1v) is 11.1. The second kappa shape index (κ2) is 7.76. The summed E-state index contributed by atoms with van der Waals surface area (Å²) >= 11 is 0. The Labute approximate surface area is 169 Å². The van der Waals surface area contributed by atoms with Crippen LogP contribution in [0.25, 0.3) is 0 Å². The number of nitrogens with one attached hydrogen (secondary N) is 1. The molecule has 2 heterocycles. The minimum absolute atomic E-state index is 0.189. The van der Waals surface area contributed by atoms with Crippen molar-refractivity contribution in [3.8, 4) is 5.75 Å². The van der Waals surface area contributed by atoms with Gasteiger partial charge in [0.25, 0.3) is 0 Å². The molecule has 0 aromatic heterocycles. The molecule has 154 valence electrons. The van der Waals surface area contributed by atoms with Crippen molar-refractivity contribution in [2.45, 2.75) is 43.0 Å². The maximum atomic E-state index is 14.7. The lowest BCUT2D eigenvalue weighted by Gasteiger charge is -2.26. The Balaban J connectivity index is 1.63. The molecule has 29 heavy (non-hydrogen) atoms. The number of hydrogen-bond donors (Lipinski definition) is 1. The summed E-state index contributed by atoms with van der Waals surface area (Å²) in [5.41, 5.74) is 1.98. The van der Waals surface area contributed by atoms with Crippen molar-refractivity contribution >= 4 is 21.6 Å². The maximum Gasteiger partial charge on any atom is 0.246 e. The van der Waals surface area contributed by atoms with Gasteiger partial charge in [0.15, 0.2) is 0 Å². The van der Waals surface area contributed by atoms with E-state index in [2.05, 4.69) is 5.32 Å². The van der Waals surface area contributed by atoms with Crippen LogP contribution < -0.4 is 10.1 Å². The predicted molar refractivity (Wildman–Crippen MR) is 107 cm³/mol. The fourth-order valence-corrected chi connectivity index (χ4v) is 5.90. The van der Waals surface area contributed by atoms with E-state index in [0.29, 0.717) is 30.6 Å². The summed E-state index contributed by atoms with van der Waals surface area (Å²) in [7, 11) is -2.40. The second-order valence-corrected chi connectivity index (χ2v) is 9.31. The summed E-state index contributed by atoms with van der Waals surface area (Å²) in [6, 6.07) is 9.81. The van der Waals surface area contributed by atoms with Crippen molar-refractivity contribution in [3.05, 3.63) is 53.3 Å². The number of sulfonamides is 1. The van der Waals surface area contributed by atoms with E-state index < -0.39 is 15.8 Å². The van der Waals surface area contributed by atoms with E-state index in [4.69, 9.17) is 4.74 Å². The zero-order valence-electron chi connectivity index (χ0n) is 16.2. The molecule has 0 aliphatic carbocycles. The van der Waals surface area contributed by atoms with Gasteiger partial charge in [0, 0.05) is 24.7 Å². The van der Waals surface area contributed by atoms with Gasteiger partial charge in [0.2, 0.25) is 15.9 Å². The first-order chi connectivity index (χ1) is 13.9. The number of hydrogen-bond acceptors (Lipinski definition) is 4. The van der Waals surface area contributed by atoms with Crippen LogP contribution in [-0.2, 0) is 27.7 Å². The number of nitrogens with zero attached hydrogens (tertiary/aromatic N) is 1. The number of aryl methyl sites for hydroxylation is 1. The fraction of sp³-hybridized carbons (Fsp3) is 0.381. The number of halogens is 1. The topological polar surface area (TPSA) is 75.7 Å². The molecule has 4 rings (SSSR count). The molecule has 1 fully saturated rings. The van der Waals surface area contributed by atoms with Crippen molar-refractivity contribution in [1.82, 2.24) is 4.31 Å². The normalized spacial score (nSPS) is 19.7. The van der Waals surface area contributed by atoms with Crippen molar-refractivity contribution in [2.75, 3.05) is 19.0 Å². The van der Waals surface area contributed by atoms with Crippen LogP contribution in [0.4, 0.5) is 10.1 Å². The number of rotatable bonds is 5. The summed E-state index contributed by atoms with van der Waals surface area (Å²) < 4.78 is 48.0. The van der Waals surface area contributed by atoms with Gasteiger partial charge in [-0.15, -0.1) is 0 Å². The number of carbonyl (C=O) groups excluding carboxylic acids is 1.